The Morgan fingerprint density at radius 3 is 2.72 bits per heavy atom. The number of rotatable bonds is 3. The standard InChI is InChI=1S/C20H24N6O5S/c1-30-15-13-14(12(10-21-15)11-2-8-31-9-3-11)32-18(22-13)24-19(29)26-6-4-20(5-7-26)16(27)23-17(28)25-20/h10-11H,2-9H2,1H3,(H,22,24,29)(H2,23,25,27,28). The number of fused-ring (bicyclic) bond motifs is 1. The summed E-state index contributed by atoms with van der Waals surface area (Å²) in [5.74, 6) is 0.434. The van der Waals surface area contributed by atoms with E-state index in [1.165, 1.54) is 11.3 Å². The Hall–Kier alpha value is -2.99. The van der Waals surface area contributed by atoms with Crippen molar-refractivity contribution < 1.29 is 23.9 Å². The maximum absolute atomic E-state index is 12.9. The van der Waals surface area contributed by atoms with Gasteiger partial charge in [0.2, 0.25) is 5.88 Å². The molecular weight excluding hydrogens is 436 g/mol. The fourth-order valence-corrected chi connectivity index (χ4v) is 5.59. The van der Waals surface area contributed by atoms with E-state index in [-0.39, 0.29) is 11.9 Å². The third-order valence-electron chi connectivity index (χ3n) is 6.40. The summed E-state index contributed by atoms with van der Waals surface area (Å²) in [6, 6.07) is -0.770. The minimum Gasteiger partial charge on any atom is -0.479 e. The number of pyridine rings is 1. The van der Waals surface area contributed by atoms with E-state index in [4.69, 9.17) is 9.47 Å². The largest absolute Gasteiger partial charge is 0.479 e. The van der Waals surface area contributed by atoms with E-state index < -0.39 is 11.6 Å². The summed E-state index contributed by atoms with van der Waals surface area (Å²) >= 11 is 1.41. The first kappa shape index (κ1) is 20.9. The zero-order valence-electron chi connectivity index (χ0n) is 17.6. The van der Waals surface area contributed by atoms with Crippen LogP contribution in [0.25, 0.3) is 10.2 Å². The van der Waals surface area contributed by atoms with Crippen LogP contribution in [0.15, 0.2) is 6.20 Å². The number of likely N-dealkylation sites (tertiary alicyclic amines) is 1. The monoisotopic (exact) mass is 460 g/mol. The van der Waals surface area contributed by atoms with Crippen LogP contribution < -0.4 is 20.7 Å². The van der Waals surface area contributed by atoms with E-state index in [2.05, 4.69) is 25.9 Å². The smallest absolute Gasteiger partial charge is 0.323 e. The maximum Gasteiger partial charge on any atom is 0.323 e. The van der Waals surface area contributed by atoms with Crippen LogP contribution in [0.4, 0.5) is 14.7 Å². The molecule has 2 aromatic rings. The maximum atomic E-state index is 12.9. The van der Waals surface area contributed by atoms with Crippen molar-refractivity contribution in [3.05, 3.63) is 11.8 Å². The van der Waals surface area contributed by atoms with Gasteiger partial charge in [0, 0.05) is 32.5 Å². The lowest BCUT2D eigenvalue weighted by Gasteiger charge is -2.36. The Balaban J connectivity index is 1.32. The lowest BCUT2D eigenvalue weighted by atomic mass is 9.88. The minimum absolute atomic E-state index is 0.289. The number of imide groups is 1. The first-order valence-electron chi connectivity index (χ1n) is 10.6. The Labute approximate surface area is 187 Å². The van der Waals surface area contributed by atoms with Gasteiger partial charge in [-0.15, -0.1) is 0 Å². The normalized spacial score (nSPS) is 21.0. The fraction of sp³-hybridized carbons (Fsp3) is 0.550. The van der Waals surface area contributed by atoms with Crippen molar-refractivity contribution >= 4 is 44.7 Å². The summed E-state index contributed by atoms with van der Waals surface area (Å²) in [7, 11) is 1.55. The first-order chi connectivity index (χ1) is 15.5. The van der Waals surface area contributed by atoms with Crippen molar-refractivity contribution in [1.82, 2.24) is 25.5 Å². The molecule has 0 aromatic carbocycles. The molecule has 0 bridgehead atoms. The summed E-state index contributed by atoms with van der Waals surface area (Å²) in [6.07, 6.45) is 4.41. The number of thiazole rings is 1. The molecule has 11 nitrogen and oxygen atoms in total. The number of anilines is 1. The molecule has 3 fully saturated rings. The van der Waals surface area contributed by atoms with E-state index in [1.54, 1.807) is 12.0 Å². The predicted molar refractivity (Wildman–Crippen MR) is 116 cm³/mol. The van der Waals surface area contributed by atoms with Gasteiger partial charge in [-0.1, -0.05) is 11.3 Å². The molecule has 5 amide bonds. The van der Waals surface area contributed by atoms with Crippen LogP contribution in [0.5, 0.6) is 5.88 Å². The van der Waals surface area contributed by atoms with Gasteiger partial charge in [0.25, 0.3) is 5.91 Å². The van der Waals surface area contributed by atoms with Gasteiger partial charge in [0.1, 0.15) is 11.1 Å². The molecule has 0 radical (unpaired) electrons. The Morgan fingerprint density at radius 2 is 2.06 bits per heavy atom. The zero-order chi connectivity index (χ0) is 22.3. The van der Waals surface area contributed by atoms with Crippen molar-refractivity contribution in [3.8, 4) is 5.88 Å². The van der Waals surface area contributed by atoms with Crippen molar-refractivity contribution in [2.45, 2.75) is 37.1 Å². The van der Waals surface area contributed by atoms with Crippen LogP contribution in [0, 0.1) is 0 Å². The van der Waals surface area contributed by atoms with Gasteiger partial charge in [0.05, 0.1) is 11.8 Å². The van der Waals surface area contributed by atoms with Gasteiger partial charge in [0.15, 0.2) is 5.13 Å². The number of aromatic nitrogens is 2. The second-order valence-corrected chi connectivity index (χ2v) is 9.21. The minimum atomic E-state index is -0.915. The van der Waals surface area contributed by atoms with Gasteiger partial charge in [-0.25, -0.2) is 19.6 Å². The molecule has 1 spiro atoms. The molecule has 3 N–H and O–H groups in total. The Bertz CT molecular complexity index is 1070. The summed E-state index contributed by atoms with van der Waals surface area (Å²) in [5.41, 5.74) is 0.825. The number of amides is 5. The highest BCUT2D eigenvalue weighted by molar-refractivity contribution is 7.22. The van der Waals surface area contributed by atoms with Crippen LogP contribution in [0.1, 0.15) is 37.2 Å². The molecule has 0 aliphatic carbocycles. The van der Waals surface area contributed by atoms with Gasteiger partial charge in [-0.3, -0.25) is 15.4 Å². The van der Waals surface area contributed by atoms with Crippen LogP contribution in [0.3, 0.4) is 0 Å². The average Bonchev–Trinajstić information content (AvgIpc) is 3.34. The van der Waals surface area contributed by atoms with E-state index in [0.29, 0.717) is 48.4 Å². The number of piperidine rings is 1. The Kier molecular flexibility index (Phi) is 5.33. The van der Waals surface area contributed by atoms with E-state index in [1.807, 2.05) is 6.20 Å². The number of methoxy groups -OCH3 is 1. The molecular formula is C20H24N6O5S. The molecule has 5 heterocycles. The molecule has 3 aliphatic heterocycles. The Morgan fingerprint density at radius 1 is 1.31 bits per heavy atom. The highest BCUT2D eigenvalue weighted by atomic mass is 32.1. The van der Waals surface area contributed by atoms with Gasteiger partial charge < -0.3 is 19.7 Å². The van der Waals surface area contributed by atoms with Crippen LogP contribution in [-0.4, -0.2) is 71.8 Å². The topological polar surface area (TPSA) is 135 Å². The van der Waals surface area contributed by atoms with Crippen LogP contribution >= 0.6 is 11.3 Å². The molecule has 0 unspecified atom stereocenters. The number of carbonyl (C=O) groups is 3. The van der Waals surface area contributed by atoms with E-state index in [9.17, 15) is 14.4 Å². The molecule has 32 heavy (non-hydrogen) atoms. The number of nitrogens with one attached hydrogen (secondary N) is 3. The SMILES string of the molecule is COc1ncc(C2CCOCC2)c2sc(NC(=O)N3CCC4(CC3)NC(=O)NC4=O)nc12. The number of hydrogen-bond acceptors (Lipinski definition) is 8. The first-order valence-corrected chi connectivity index (χ1v) is 11.4. The number of urea groups is 2. The van der Waals surface area contributed by atoms with Gasteiger partial charge in [-0.2, -0.15) is 0 Å². The average molecular weight is 461 g/mol. The summed E-state index contributed by atoms with van der Waals surface area (Å²) < 4.78 is 11.8. The van der Waals surface area contributed by atoms with Crippen LogP contribution in [-0.2, 0) is 9.53 Å². The van der Waals surface area contributed by atoms with Crippen LogP contribution in [0.2, 0.25) is 0 Å². The van der Waals surface area contributed by atoms with E-state index >= 15 is 0 Å². The molecule has 2 aromatic heterocycles. The van der Waals surface area contributed by atoms with Crippen molar-refractivity contribution in [1.29, 1.82) is 0 Å². The molecule has 5 rings (SSSR count). The molecule has 3 aliphatic rings. The molecule has 170 valence electrons. The summed E-state index contributed by atoms with van der Waals surface area (Å²) in [5, 5.41) is 8.32. The second-order valence-electron chi connectivity index (χ2n) is 8.21. The fourth-order valence-electron chi connectivity index (χ4n) is 4.55. The number of ether oxygens (including phenoxy) is 2. The number of nitrogens with zero attached hydrogens (tertiary/aromatic N) is 3. The highest BCUT2D eigenvalue weighted by Crippen LogP contribution is 2.39. The molecule has 3 saturated heterocycles. The summed E-state index contributed by atoms with van der Waals surface area (Å²) in [6.45, 7) is 2.14. The summed E-state index contributed by atoms with van der Waals surface area (Å²) in [4.78, 5) is 47.1. The number of carbonyl (C=O) groups excluding carboxylic acids is 3. The van der Waals surface area contributed by atoms with Gasteiger partial charge in [-0.05, 0) is 37.2 Å². The lowest BCUT2D eigenvalue weighted by Crippen LogP contribution is -2.56. The third-order valence-corrected chi connectivity index (χ3v) is 7.42. The highest BCUT2D eigenvalue weighted by Gasteiger charge is 2.48. The van der Waals surface area contributed by atoms with Crippen molar-refractivity contribution in [2.24, 2.45) is 0 Å². The quantitative estimate of drug-likeness (QED) is 0.595. The number of hydrogen-bond donors (Lipinski definition) is 3. The second kappa shape index (κ2) is 8.17. The van der Waals surface area contributed by atoms with E-state index in [0.717, 1.165) is 36.3 Å². The predicted octanol–water partition coefficient (Wildman–Crippen LogP) is 1.80. The molecule has 0 saturated carbocycles. The van der Waals surface area contributed by atoms with Crippen molar-refractivity contribution in [2.75, 3.05) is 38.7 Å². The van der Waals surface area contributed by atoms with Gasteiger partial charge >= 0.3 is 12.1 Å². The lowest BCUT2D eigenvalue weighted by molar-refractivity contribution is -0.125. The molecule has 12 heteroatoms. The zero-order valence-corrected chi connectivity index (χ0v) is 18.4. The molecule has 0 atom stereocenters. The van der Waals surface area contributed by atoms with Crippen molar-refractivity contribution in [3.63, 3.8) is 0 Å². The third kappa shape index (κ3) is 3.62.